The largest absolute Gasteiger partial charge is 0.339 e. The summed E-state index contributed by atoms with van der Waals surface area (Å²) in [5.41, 5.74) is 3.74. The molecular formula is C24H22FN3O2. The van der Waals surface area contributed by atoms with Gasteiger partial charge in [-0.25, -0.2) is 4.39 Å². The summed E-state index contributed by atoms with van der Waals surface area (Å²) in [6, 6.07) is 16.0. The molecule has 0 aliphatic carbocycles. The van der Waals surface area contributed by atoms with Crippen molar-refractivity contribution in [1.29, 1.82) is 0 Å². The zero-order valence-corrected chi connectivity index (χ0v) is 16.9. The Hall–Kier alpha value is -3.67. The van der Waals surface area contributed by atoms with Gasteiger partial charge in [0, 0.05) is 30.0 Å². The van der Waals surface area contributed by atoms with Gasteiger partial charge in [-0.3, -0.25) is 9.59 Å². The summed E-state index contributed by atoms with van der Waals surface area (Å²) in [7, 11) is 0. The number of pyridine rings is 1. The molecule has 152 valence electrons. The number of rotatable bonds is 5. The number of amides is 1. The zero-order valence-electron chi connectivity index (χ0n) is 16.9. The van der Waals surface area contributed by atoms with Crippen LogP contribution >= 0.6 is 0 Å². The molecule has 0 aliphatic rings. The molecule has 0 radical (unpaired) electrons. The number of aromatic nitrogens is 2. The maximum atomic E-state index is 13.5. The Balaban J connectivity index is 1.61. The fourth-order valence-electron chi connectivity index (χ4n) is 3.54. The van der Waals surface area contributed by atoms with E-state index in [0.717, 1.165) is 22.1 Å². The first-order valence-electron chi connectivity index (χ1n) is 9.71. The lowest BCUT2D eigenvalue weighted by atomic mass is 10.1. The molecule has 0 saturated carbocycles. The van der Waals surface area contributed by atoms with Crippen molar-refractivity contribution in [2.45, 2.75) is 26.9 Å². The quantitative estimate of drug-likeness (QED) is 0.542. The molecule has 0 fully saturated rings. The Bertz CT molecular complexity index is 1300. The molecule has 0 saturated heterocycles. The molecule has 2 aromatic carbocycles. The van der Waals surface area contributed by atoms with Crippen molar-refractivity contribution in [2.24, 2.45) is 0 Å². The molecule has 1 N–H and O–H groups in total. The van der Waals surface area contributed by atoms with Crippen molar-refractivity contribution in [1.82, 2.24) is 9.13 Å². The molecule has 0 spiro atoms. The molecule has 1 amide bonds. The normalized spacial score (nSPS) is 11.0. The average Bonchev–Trinajstić information content (AvgIpc) is 3.12. The number of halogens is 1. The highest BCUT2D eigenvalue weighted by Gasteiger charge is 2.13. The molecule has 5 nitrogen and oxygen atoms in total. The van der Waals surface area contributed by atoms with Crippen LogP contribution in [0.5, 0.6) is 0 Å². The van der Waals surface area contributed by atoms with Gasteiger partial charge in [0.2, 0.25) is 5.91 Å². The fraction of sp³-hybridized carbons (Fsp3) is 0.167. The minimum atomic E-state index is -0.427. The van der Waals surface area contributed by atoms with Gasteiger partial charge >= 0.3 is 0 Å². The van der Waals surface area contributed by atoms with E-state index >= 15 is 0 Å². The second kappa shape index (κ2) is 7.99. The second-order valence-corrected chi connectivity index (χ2v) is 7.43. The first-order chi connectivity index (χ1) is 14.4. The van der Waals surface area contributed by atoms with Gasteiger partial charge in [0.05, 0.1) is 0 Å². The fourth-order valence-corrected chi connectivity index (χ4v) is 3.54. The lowest BCUT2D eigenvalue weighted by Crippen LogP contribution is -2.28. The van der Waals surface area contributed by atoms with Crippen LogP contribution in [-0.4, -0.2) is 15.0 Å². The predicted molar refractivity (Wildman–Crippen MR) is 116 cm³/mol. The lowest BCUT2D eigenvalue weighted by Gasteiger charge is -2.11. The van der Waals surface area contributed by atoms with Crippen LogP contribution in [0.1, 0.15) is 16.7 Å². The van der Waals surface area contributed by atoms with Gasteiger partial charge in [-0.05, 0) is 54.8 Å². The highest BCUT2D eigenvalue weighted by Crippen LogP contribution is 2.17. The summed E-state index contributed by atoms with van der Waals surface area (Å²) in [6.07, 6.45) is 3.50. The molecule has 4 rings (SSSR count). The predicted octanol–water partition coefficient (Wildman–Crippen LogP) is 4.25. The number of hydrogen-bond donors (Lipinski definition) is 1. The van der Waals surface area contributed by atoms with Crippen LogP contribution in [0.4, 0.5) is 10.1 Å². The smallest absolute Gasteiger partial charge is 0.275 e. The van der Waals surface area contributed by atoms with E-state index in [9.17, 15) is 14.0 Å². The monoisotopic (exact) mass is 403 g/mol. The molecule has 0 bridgehead atoms. The number of nitrogens with zero attached hydrogens (tertiary/aromatic N) is 2. The Morgan fingerprint density at radius 2 is 1.70 bits per heavy atom. The molecule has 2 heterocycles. The van der Waals surface area contributed by atoms with Gasteiger partial charge in [-0.15, -0.1) is 0 Å². The van der Waals surface area contributed by atoms with E-state index in [4.69, 9.17) is 0 Å². The molecular weight excluding hydrogens is 381 g/mol. The van der Waals surface area contributed by atoms with Gasteiger partial charge in [0.25, 0.3) is 5.56 Å². The maximum absolute atomic E-state index is 13.5. The molecule has 6 heteroatoms. The Labute approximate surface area is 173 Å². The van der Waals surface area contributed by atoms with Crippen LogP contribution in [0.2, 0.25) is 0 Å². The van der Waals surface area contributed by atoms with Crippen molar-refractivity contribution in [3.8, 4) is 0 Å². The summed E-state index contributed by atoms with van der Waals surface area (Å²) in [4.78, 5) is 25.6. The van der Waals surface area contributed by atoms with Crippen LogP contribution in [0.15, 0.2) is 71.8 Å². The summed E-state index contributed by atoms with van der Waals surface area (Å²) in [5.74, 6) is -0.814. The average molecular weight is 403 g/mol. The SMILES string of the molecule is Cc1ccccc1Cn1ccc2ccn(CC(=O)Nc3cc(F)ccc3C)c(=O)c21. The Kier molecular flexibility index (Phi) is 5.23. The van der Waals surface area contributed by atoms with E-state index in [0.29, 0.717) is 17.7 Å². The first kappa shape index (κ1) is 19.6. The van der Waals surface area contributed by atoms with Crippen LogP contribution < -0.4 is 10.9 Å². The van der Waals surface area contributed by atoms with E-state index in [1.807, 2.05) is 54.1 Å². The van der Waals surface area contributed by atoms with Crippen molar-refractivity contribution < 1.29 is 9.18 Å². The number of carbonyl (C=O) groups is 1. The summed E-state index contributed by atoms with van der Waals surface area (Å²) >= 11 is 0. The maximum Gasteiger partial charge on any atom is 0.275 e. The molecule has 0 unspecified atom stereocenters. The number of carbonyl (C=O) groups excluding carboxylic acids is 1. The third-order valence-corrected chi connectivity index (χ3v) is 5.28. The van der Waals surface area contributed by atoms with Crippen LogP contribution in [0.25, 0.3) is 10.9 Å². The van der Waals surface area contributed by atoms with E-state index in [1.54, 1.807) is 19.2 Å². The minimum absolute atomic E-state index is 0.153. The Morgan fingerprint density at radius 3 is 2.47 bits per heavy atom. The number of anilines is 1. The molecule has 2 aromatic heterocycles. The topological polar surface area (TPSA) is 56.0 Å². The van der Waals surface area contributed by atoms with Crippen LogP contribution in [0.3, 0.4) is 0 Å². The zero-order chi connectivity index (χ0) is 21.3. The molecule has 0 aliphatic heterocycles. The van der Waals surface area contributed by atoms with Crippen molar-refractivity contribution in [2.75, 3.05) is 5.32 Å². The number of benzene rings is 2. The van der Waals surface area contributed by atoms with Crippen molar-refractivity contribution in [3.05, 3.63) is 99.9 Å². The third kappa shape index (κ3) is 3.89. The van der Waals surface area contributed by atoms with Gasteiger partial charge < -0.3 is 14.5 Å². The van der Waals surface area contributed by atoms with E-state index < -0.39 is 5.82 Å². The number of nitrogens with one attached hydrogen (secondary N) is 1. The van der Waals surface area contributed by atoms with Crippen LogP contribution in [0, 0.1) is 19.7 Å². The molecule has 30 heavy (non-hydrogen) atoms. The Morgan fingerprint density at radius 1 is 0.967 bits per heavy atom. The highest BCUT2D eigenvalue weighted by molar-refractivity contribution is 5.91. The molecule has 4 aromatic rings. The molecule has 0 atom stereocenters. The van der Waals surface area contributed by atoms with Crippen molar-refractivity contribution >= 4 is 22.5 Å². The van der Waals surface area contributed by atoms with Gasteiger partial charge in [-0.2, -0.15) is 0 Å². The highest BCUT2D eigenvalue weighted by atomic mass is 19.1. The number of fused-ring (bicyclic) bond motifs is 1. The first-order valence-corrected chi connectivity index (χ1v) is 9.71. The van der Waals surface area contributed by atoms with E-state index in [2.05, 4.69) is 5.32 Å². The number of aryl methyl sites for hydroxylation is 2. The summed E-state index contributed by atoms with van der Waals surface area (Å²) < 4.78 is 16.8. The second-order valence-electron chi connectivity index (χ2n) is 7.43. The summed E-state index contributed by atoms with van der Waals surface area (Å²) in [5, 5.41) is 3.51. The summed E-state index contributed by atoms with van der Waals surface area (Å²) in [6.45, 7) is 4.24. The van der Waals surface area contributed by atoms with Gasteiger partial charge in [0.15, 0.2) is 0 Å². The van der Waals surface area contributed by atoms with Crippen molar-refractivity contribution in [3.63, 3.8) is 0 Å². The van der Waals surface area contributed by atoms with E-state index in [-0.39, 0.29) is 18.0 Å². The van der Waals surface area contributed by atoms with E-state index in [1.165, 1.54) is 16.7 Å². The van der Waals surface area contributed by atoms with Crippen LogP contribution in [-0.2, 0) is 17.9 Å². The number of hydrogen-bond acceptors (Lipinski definition) is 2. The van der Waals surface area contributed by atoms with Gasteiger partial charge in [0.1, 0.15) is 17.9 Å². The third-order valence-electron chi connectivity index (χ3n) is 5.28. The van der Waals surface area contributed by atoms with Gasteiger partial charge in [-0.1, -0.05) is 30.3 Å². The minimum Gasteiger partial charge on any atom is -0.339 e. The lowest BCUT2D eigenvalue weighted by molar-refractivity contribution is -0.116. The standard InChI is InChI=1S/C24H22FN3O2/c1-16-5-3-4-6-19(16)14-27-11-9-18-10-12-28(24(30)23(18)27)15-22(29)26-21-13-20(25)8-7-17(21)2/h3-13H,14-15H2,1-2H3,(H,26,29).